The Bertz CT molecular complexity index is 453. The number of thiophene rings is 1. The fraction of sp³-hybridized carbons (Fsp3) is 0.750. The van der Waals surface area contributed by atoms with Crippen molar-refractivity contribution < 1.29 is 4.74 Å². The molecule has 0 radical (unpaired) electrons. The lowest BCUT2D eigenvalue weighted by molar-refractivity contribution is -0.107. The van der Waals surface area contributed by atoms with Gasteiger partial charge in [0.25, 0.3) is 0 Å². The second-order valence-electron chi connectivity index (χ2n) is 6.07. The minimum Gasteiger partial charge on any atom is -0.375 e. The van der Waals surface area contributed by atoms with Crippen molar-refractivity contribution in [2.45, 2.75) is 44.2 Å². The van der Waals surface area contributed by atoms with Gasteiger partial charge in [-0.05, 0) is 77.7 Å². The Kier molecular flexibility index (Phi) is 5.71. The molecule has 1 aromatic rings. The fourth-order valence-corrected chi connectivity index (χ4v) is 6.49. The Morgan fingerprint density at radius 1 is 1.43 bits per heavy atom. The van der Waals surface area contributed by atoms with Crippen LogP contribution < -0.4 is 5.32 Å². The second-order valence-corrected chi connectivity index (χ2v) is 9.79. The molecule has 1 aromatic heterocycles. The maximum absolute atomic E-state index is 6.26. The van der Waals surface area contributed by atoms with E-state index in [9.17, 15) is 0 Å². The first-order chi connectivity index (χ1) is 10.2. The van der Waals surface area contributed by atoms with E-state index in [2.05, 4.69) is 52.1 Å². The molecule has 2 atom stereocenters. The van der Waals surface area contributed by atoms with Crippen molar-refractivity contribution >= 4 is 39.0 Å². The number of hydrogen-bond donors (Lipinski definition) is 1. The van der Waals surface area contributed by atoms with E-state index >= 15 is 0 Å². The molecule has 21 heavy (non-hydrogen) atoms. The summed E-state index contributed by atoms with van der Waals surface area (Å²) in [5.41, 5.74) is 0.177. The van der Waals surface area contributed by atoms with E-state index in [0.29, 0.717) is 12.0 Å². The molecule has 2 fully saturated rings. The molecule has 0 aromatic carbocycles. The van der Waals surface area contributed by atoms with Gasteiger partial charge in [0.1, 0.15) is 0 Å². The van der Waals surface area contributed by atoms with Gasteiger partial charge in [0.05, 0.1) is 9.39 Å². The van der Waals surface area contributed by atoms with Crippen LogP contribution in [0.1, 0.15) is 43.5 Å². The molecule has 2 nitrogen and oxygen atoms in total. The maximum Gasteiger partial charge on any atom is 0.0701 e. The molecule has 1 spiro atoms. The highest BCUT2D eigenvalue weighted by molar-refractivity contribution is 9.11. The molecular formula is C16H24BrNOS2. The Morgan fingerprint density at radius 2 is 2.24 bits per heavy atom. The first kappa shape index (κ1) is 16.3. The Hall–Kier alpha value is 0.450. The van der Waals surface area contributed by atoms with Crippen LogP contribution in [0.2, 0.25) is 0 Å². The molecular weight excluding hydrogens is 366 g/mol. The summed E-state index contributed by atoms with van der Waals surface area (Å²) in [5.74, 6) is 3.24. The molecule has 1 N–H and O–H groups in total. The minimum atomic E-state index is 0.177. The standard InChI is InChI=1S/C16H24BrNOS2/c1-2-18-15(13-3-4-14(17)21-13)12-5-8-19-16(11-12)6-9-20-10-7-16/h3-4,12,15,18H,2,5-11H2,1H3. The third-order valence-corrected chi connectivity index (χ3v) is 7.42. The van der Waals surface area contributed by atoms with Gasteiger partial charge in [-0.3, -0.25) is 0 Å². The maximum atomic E-state index is 6.26. The zero-order valence-corrected chi connectivity index (χ0v) is 15.8. The molecule has 0 saturated carbocycles. The summed E-state index contributed by atoms with van der Waals surface area (Å²) in [5, 5.41) is 3.73. The van der Waals surface area contributed by atoms with Crippen molar-refractivity contribution in [1.82, 2.24) is 5.32 Å². The van der Waals surface area contributed by atoms with Crippen LogP contribution in [0.5, 0.6) is 0 Å². The lowest BCUT2D eigenvalue weighted by Gasteiger charge is -2.45. The first-order valence-electron chi connectivity index (χ1n) is 7.93. The second kappa shape index (κ2) is 7.35. The largest absolute Gasteiger partial charge is 0.375 e. The summed E-state index contributed by atoms with van der Waals surface area (Å²) < 4.78 is 7.49. The molecule has 3 rings (SSSR count). The molecule has 3 heterocycles. The van der Waals surface area contributed by atoms with Crippen LogP contribution in [-0.2, 0) is 4.74 Å². The average Bonchev–Trinajstić information content (AvgIpc) is 2.92. The topological polar surface area (TPSA) is 21.3 Å². The number of nitrogens with one attached hydrogen (secondary N) is 1. The predicted molar refractivity (Wildman–Crippen MR) is 96.4 cm³/mol. The number of halogens is 1. The monoisotopic (exact) mass is 389 g/mol. The highest BCUT2D eigenvalue weighted by Crippen LogP contribution is 2.44. The van der Waals surface area contributed by atoms with Crippen molar-refractivity contribution in [2.75, 3.05) is 24.7 Å². The zero-order chi connectivity index (χ0) is 14.7. The molecule has 0 bridgehead atoms. The normalized spacial score (nSPS) is 26.9. The van der Waals surface area contributed by atoms with Crippen LogP contribution >= 0.6 is 39.0 Å². The molecule has 118 valence electrons. The van der Waals surface area contributed by atoms with Crippen molar-refractivity contribution in [3.8, 4) is 0 Å². The lowest BCUT2D eigenvalue weighted by atomic mass is 9.78. The lowest BCUT2D eigenvalue weighted by Crippen LogP contribution is -2.45. The highest BCUT2D eigenvalue weighted by Gasteiger charge is 2.41. The first-order valence-corrected chi connectivity index (χ1v) is 10.7. The van der Waals surface area contributed by atoms with E-state index in [1.807, 2.05) is 11.3 Å². The van der Waals surface area contributed by atoms with Crippen LogP contribution in [0, 0.1) is 5.92 Å². The average molecular weight is 390 g/mol. The summed E-state index contributed by atoms with van der Waals surface area (Å²) in [7, 11) is 0. The third kappa shape index (κ3) is 3.86. The van der Waals surface area contributed by atoms with Gasteiger partial charge < -0.3 is 10.1 Å². The van der Waals surface area contributed by atoms with Crippen LogP contribution in [-0.4, -0.2) is 30.3 Å². The number of hydrogen-bond acceptors (Lipinski definition) is 4. The SMILES string of the molecule is CCNC(c1ccc(Br)s1)C1CCOC2(CCSCC2)C1. The van der Waals surface area contributed by atoms with Gasteiger partial charge in [0.15, 0.2) is 0 Å². The van der Waals surface area contributed by atoms with Gasteiger partial charge in [-0.25, -0.2) is 0 Å². The number of rotatable bonds is 4. The van der Waals surface area contributed by atoms with Gasteiger partial charge in [-0.1, -0.05) is 6.92 Å². The van der Waals surface area contributed by atoms with E-state index in [1.54, 1.807) is 0 Å². The number of ether oxygens (including phenoxy) is 1. The van der Waals surface area contributed by atoms with Crippen LogP contribution in [0.25, 0.3) is 0 Å². The molecule has 2 unspecified atom stereocenters. The van der Waals surface area contributed by atoms with Crippen LogP contribution in [0.3, 0.4) is 0 Å². The van der Waals surface area contributed by atoms with Crippen LogP contribution in [0.4, 0.5) is 0 Å². The quantitative estimate of drug-likeness (QED) is 0.794. The molecule has 2 aliphatic heterocycles. The summed E-state index contributed by atoms with van der Waals surface area (Å²) in [6.45, 7) is 4.17. The van der Waals surface area contributed by atoms with Gasteiger partial charge in [-0.15, -0.1) is 11.3 Å². The van der Waals surface area contributed by atoms with Crippen molar-refractivity contribution in [2.24, 2.45) is 5.92 Å². The zero-order valence-electron chi connectivity index (χ0n) is 12.6. The Labute approximate surface area is 144 Å². The van der Waals surface area contributed by atoms with E-state index in [-0.39, 0.29) is 5.60 Å². The molecule has 2 aliphatic rings. The van der Waals surface area contributed by atoms with Crippen molar-refractivity contribution in [1.29, 1.82) is 0 Å². The Balaban J connectivity index is 1.75. The predicted octanol–water partition coefficient (Wildman–Crippen LogP) is 4.85. The summed E-state index contributed by atoms with van der Waals surface area (Å²) in [4.78, 5) is 1.47. The van der Waals surface area contributed by atoms with E-state index in [0.717, 1.165) is 13.2 Å². The highest BCUT2D eigenvalue weighted by atomic mass is 79.9. The van der Waals surface area contributed by atoms with Gasteiger partial charge >= 0.3 is 0 Å². The molecule has 0 amide bonds. The van der Waals surface area contributed by atoms with Gasteiger partial charge in [0, 0.05) is 17.5 Å². The van der Waals surface area contributed by atoms with E-state index in [1.165, 1.54) is 45.9 Å². The van der Waals surface area contributed by atoms with Gasteiger partial charge in [0.2, 0.25) is 0 Å². The fourth-order valence-electron chi connectivity index (χ4n) is 3.66. The smallest absolute Gasteiger partial charge is 0.0701 e. The summed E-state index contributed by atoms with van der Waals surface area (Å²) >= 11 is 7.57. The van der Waals surface area contributed by atoms with E-state index in [4.69, 9.17) is 4.74 Å². The summed E-state index contributed by atoms with van der Waals surface area (Å²) in [6.07, 6.45) is 4.88. The number of thioether (sulfide) groups is 1. The molecule has 0 aliphatic carbocycles. The molecule has 2 saturated heterocycles. The minimum absolute atomic E-state index is 0.177. The van der Waals surface area contributed by atoms with Crippen molar-refractivity contribution in [3.63, 3.8) is 0 Å². The summed E-state index contributed by atoms with van der Waals surface area (Å²) in [6, 6.07) is 4.94. The van der Waals surface area contributed by atoms with Crippen LogP contribution in [0.15, 0.2) is 15.9 Å². The Morgan fingerprint density at radius 3 is 2.90 bits per heavy atom. The van der Waals surface area contributed by atoms with E-state index < -0.39 is 0 Å². The third-order valence-electron chi connectivity index (χ3n) is 4.73. The van der Waals surface area contributed by atoms with Crippen molar-refractivity contribution in [3.05, 3.63) is 20.8 Å². The molecule has 5 heteroatoms. The van der Waals surface area contributed by atoms with Gasteiger partial charge in [-0.2, -0.15) is 11.8 Å².